The summed E-state index contributed by atoms with van der Waals surface area (Å²) in [5, 5.41) is 0. The number of allylic oxidation sites excluding steroid dienone is 2. The molecule has 0 fully saturated rings. The Balaban J connectivity index is 1.45. The normalized spacial score (nSPS) is 20.7. The van der Waals surface area contributed by atoms with Crippen LogP contribution in [0.5, 0.6) is 17.4 Å². The minimum Gasteiger partial charge on any atom is -0.485 e. The first-order valence-electron chi connectivity index (χ1n) is 9.73. The van der Waals surface area contributed by atoms with Gasteiger partial charge in [-0.3, -0.25) is 0 Å². The van der Waals surface area contributed by atoms with Crippen LogP contribution in [0.2, 0.25) is 0 Å². The number of hydrogen-bond donors (Lipinski definition) is 0. The molecule has 5 nitrogen and oxygen atoms in total. The summed E-state index contributed by atoms with van der Waals surface area (Å²) in [6.45, 7) is 5.90. The highest BCUT2D eigenvalue weighted by Crippen LogP contribution is 2.37. The maximum Gasteiger partial charge on any atom is 0.212 e. The minimum atomic E-state index is -0.165. The number of pyridine rings is 1. The van der Waals surface area contributed by atoms with Crippen LogP contribution in [0.4, 0.5) is 0 Å². The van der Waals surface area contributed by atoms with Crippen molar-refractivity contribution in [1.29, 1.82) is 0 Å². The summed E-state index contributed by atoms with van der Waals surface area (Å²) in [5.74, 6) is 2.17. The van der Waals surface area contributed by atoms with E-state index in [1.54, 1.807) is 13.3 Å². The topological polar surface area (TPSA) is 43.8 Å². The molecule has 4 rings (SSSR count). The van der Waals surface area contributed by atoms with Gasteiger partial charge in [-0.05, 0) is 61.9 Å². The number of likely N-dealkylation sites (N-methyl/N-ethyl adjacent to an activating group) is 1. The average molecular weight is 378 g/mol. The first-order valence-corrected chi connectivity index (χ1v) is 9.73. The predicted octanol–water partition coefficient (Wildman–Crippen LogP) is 4.31. The highest BCUT2D eigenvalue weighted by Gasteiger charge is 2.23. The summed E-state index contributed by atoms with van der Waals surface area (Å²) >= 11 is 0. The molecule has 0 spiro atoms. The highest BCUT2D eigenvalue weighted by molar-refractivity contribution is 5.46. The van der Waals surface area contributed by atoms with E-state index in [1.807, 2.05) is 18.2 Å². The van der Waals surface area contributed by atoms with Gasteiger partial charge in [-0.2, -0.15) is 0 Å². The Bertz CT molecular complexity index is 889. The average Bonchev–Trinajstić information content (AvgIpc) is 2.73. The first-order chi connectivity index (χ1) is 13.7. The molecule has 1 aromatic heterocycles. The summed E-state index contributed by atoms with van der Waals surface area (Å²) in [6.07, 6.45) is 9.21. The Hall–Kier alpha value is -2.95. The molecule has 146 valence electrons. The quantitative estimate of drug-likeness (QED) is 0.776. The van der Waals surface area contributed by atoms with Gasteiger partial charge in [0.25, 0.3) is 0 Å². The summed E-state index contributed by atoms with van der Waals surface area (Å²) in [4.78, 5) is 6.57. The van der Waals surface area contributed by atoms with Crippen LogP contribution in [0.25, 0.3) is 0 Å². The lowest BCUT2D eigenvalue weighted by Gasteiger charge is -2.28. The molecule has 2 aliphatic rings. The molecule has 0 bridgehead atoms. The monoisotopic (exact) mass is 378 g/mol. The maximum atomic E-state index is 6.14. The van der Waals surface area contributed by atoms with Crippen molar-refractivity contribution in [2.24, 2.45) is 0 Å². The predicted molar refractivity (Wildman–Crippen MR) is 109 cm³/mol. The Morgan fingerprint density at radius 3 is 2.82 bits per heavy atom. The van der Waals surface area contributed by atoms with Crippen LogP contribution >= 0.6 is 0 Å². The number of nitrogens with zero attached hydrogens (tertiary/aromatic N) is 2. The molecule has 2 unspecified atom stereocenters. The summed E-state index contributed by atoms with van der Waals surface area (Å²) in [5.41, 5.74) is 3.53. The van der Waals surface area contributed by atoms with Crippen LogP contribution in [0, 0.1) is 0 Å². The Kier molecular flexibility index (Phi) is 5.24. The van der Waals surface area contributed by atoms with E-state index < -0.39 is 0 Å². The fraction of sp³-hybridized carbons (Fsp3) is 0.348. The molecule has 0 saturated carbocycles. The number of rotatable bonds is 5. The van der Waals surface area contributed by atoms with Crippen LogP contribution in [0.3, 0.4) is 0 Å². The van der Waals surface area contributed by atoms with E-state index in [4.69, 9.17) is 14.2 Å². The summed E-state index contributed by atoms with van der Waals surface area (Å²) in [7, 11) is 1.61. The molecule has 0 N–H and O–H groups in total. The number of fused-ring (bicyclic) bond motifs is 1. The zero-order valence-electron chi connectivity index (χ0n) is 16.6. The van der Waals surface area contributed by atoms with Crippen LogP contribution in [-0.4, -0.2) is 36.2 Å². The van der Waals surface area contributed by atoms with E-state index in [9.17, 15) is 0 Å². The van der Waals surface area contributed by atoms with Gasteiger partial charge >= 0.3 is 0 Å². The summed E-state index contributed by atoms with van der Waals surface area (Å²) < 4.78 is 17.3. The zero-order chi connectivity index (χ0) is 19.5. The second kappa shape index (κ2) is 7.97. The molecule has 0 aliphatic carbocycles. The van der Waals surface area contributed by atoms with Gasteiger partial charge in [0.2, 0.25) is 5.88 Å². The molecular weight excluding hydrogens is 352 g/mol. The van der Waals surface area contributed by atoms with Gasteiger partial charge in [-0.1, -0.05) is 12.1 Å². The molecule has 28 heavy (non-hydrogen) atoms. The van der Waals surface area contributed by atoms with Crippen molar-refractivity contribution in [2.75, 3.05) is 20.3 Å². The van der Waals surface area contributed by atoms with Gasteiger partial charge in [-0.15, -0.1) is 0 Å². The number of methoxy groups -OCH3 is 1. The third-order valence-electron chi connectivity index (χ3n) is 5.24. The fourth-order valence-electron chi connectivity index (χ4n) is 3.63. The van der Waals surface area contributed by atoms with Gasteiger partial charge < -0.3 is 19.1 Å². The van der Waals surface area contributed by atoms with Crippen molar-refractivity contribution in [1.82, 2.24) is 9.88 Å². The first kappa shape index (κ1) is 18.4. The van der Waals surface area contributed by atoms with Gasteiger partial charge in [-0.25, -0.2) is 4.98 Å². The van der Waals surface area contributed by atoms with Gasteiger partial charge in [0.1, 0.15) is 6.61 Å². The zero-order valence-corrected chi connectivity index (χ0v) is 16.6. The third kappa shape index (κ3) is 3.84. The lowest BCUT2D eigenvalue weighted by molar-refractivity contribution is 0.0909. The molecule has 2 atom stereocenters. The van der Waals surface area contributed by atoms with Gasteiger partial charge in [0, 0.05) is 30.4 Å². The van der Waals surface area contributed by atoms with Crippen molar-refractivity contribution in [2.45, 2.75) is 32.4 Å². The van der Waals surface area contributed by atoms with E-state index in [0.29, 0.717) is 18.5 Å². The molecule has 0 saturated heterocycles. The Labute approximate surface area is 166 Å². The third-order valence-corrected chi connectivity index (χ3v) is 5.24. The van der Waals surface area contributed by atoms with Crippen molar-refractivity contribution in [3.63, 3.8) is 0 Å². The standard InChI is InChI=1S/C23H26N2O3/c1-4-25-10-9-18(11-16(25)2)12-17-5-7-20-21(13-17)27-15-22(28-20)19-6-8-23(26-3)24-14-19/h5-11,13-14,16,22H,4,12,15H2,1-3H3. The Morgan fingerprint density at radius 2 is 2.11 bits per heavy atom. The largest absolute Gasteiger partial charge is 0.485 e. The number of benzene rings is 1. The van der Waals surface area contributed by atoms with Crippen LogP contribution in [-0.2, 0) is 6.42 Å². The van der Waals surface area contributed by atoms with Crippen LogP contribution in [0.1, 0.15) is 31.1 Å². The van der Waals surface area contributed by atoms with E-state index in [1.165, 1.54) is 11.1 Å². The molecule has 2 aliphatic heterocycles. The van der Waals surface area contributed by atoms with Crippen molar-refractivity contribution in [3.8, 4) is 17.4 Å². The molecule has 5 heteroatoms. The second-order valence-electron chi connectivity index (χ2n) is 7.14. The molecule has 3 heterocycles. The van der Waals surface area contributed by atoms with Crippen LogP contribution < -0.4 is 14.2 Å². The van der Waals surface area contributed by atoms with E-state index in [-0.39, 0.29) is 6.10 Å². The fourth-order valence-corrected chi connectivity index (χ4v) is 3.63. The number of aromatic nitrogens is 1. The highest BCUT2D eigenvalue weighted by atomic mass is 16.6. The minimum absolute atomic E-state index is 0.165. The van der Waals surface area contributed by atoms with Gasteiger partial charge in [0.05, 0.1) is 7.11 Å². The van der Waals surface area contributed by atoms with Crippen molar-refractivity contribution in [3.05, 3.63) is 71.6 Å². The van der Waals surface area contributed by atoms with E-state index >= 15 is 0 Å². The smallest absolute Gasteiger partial charge is 0.212 e. The van der Waals surface area contributed by atoms with Crippen molar-refractivity contribution < 1.29 is 14.2 Å². The SMILES string of the molecule is CCN1C=CC(Cc2ccc3c(c2)OCC(c2ccc(OC)nc2)O3)=CC1C. The second-order valence-corrected chi connectivity index (χ2v) is 7.14. The maximum absolute atomic E-state index is 6.14. The van der Waals surface area contributed by atoms with E-state index in [0.717, 1.165) is 30.0 Å². The molecular formula is C23H26N2O3. The molecule has 0 amide bonds. The lowest BCUT2D eigenvalue weighted by Crippen LogP contribution is -2.28. The molecule has 0 radical (unpaired) electrons. The van der Waals surface area contributed by atoms with Gasteiger partial charge in [0.15, 0.2) is 17.6 Å². The lowest BCUT2D eigenvalue weighted by atomic mass is 10.00. The number of ether oxygens (including phenoxy) is 3. The number of hydrogen-bond acceptors (Lipinski definition) is 5. The van der Waals surface area contributed by atoms with Crippen LogP contribution in [0.15, 0.2) is 60.5 Å². The molecule has 2 aromatic rings. The van der Waals surface area contributed by atoms with Crippen molar-refractivity contribution >= 4 is 0 Å². The van der Waals surface area contributed by atoms with E-state index in [2.05, 4.69) is 54.2 Å². The molecule has 1 aromatic carbocycles. The Morgan fingerprint density at radius 1 is 1.21 bits per heavy atom. The summed E-state index contributed by atoms with van der Waals surface area (Å²) in [6, 6.07) is 10.4.